The minimum Gasteiger partial charge on any atom is -0.516 e. The molecule has 0 spiro atoms. The van der Waals surface area contributed by atoms with E-state index in [1.165, 1.54) is 0 Å². The third-order valence-corrected chi connectivity index (χ3v) is 4.72. The fourth-order valence-electron chi connectivity index (χ4n) is 3.40. The lowest BCUT2D eigenvalue weighted by molar-refractivity contribution is 0.171. The first kappa shape index (κ1) is 18.9. The van der Waals surface area contributed by atoms with E-state index in [4.69, 9.17) is 9.47 Å². The van der Waals surface area contributed by atoms with Crippen molar-refractivity contribution in [2.75, 3.05) is 23.8 Å². The van der Waals surface area contributed by atoms with Crippen LogP contribution in [0.5, 0.6) is 11.5 Å². The fraction of sp³-hybridized carbons (Fsp3) is 0.300. The van der Waals surface area contributed by atoms with Crippen LogP contribution in [0.4, 0.5) is 21.8 Å². The molecule has 4 N–H and O–H groups in total. The summed E-state index contributed by atoms with van der Waals surface area (Å²) in [7, 11) is 0. The van der Waals surface area contributed by atoms with Crippen LogP contribution < -0.4 is 20.1 Å². The molecule has 1 aliphatic carbocycles. The molecule has 1 aromatic heterocycles. The molecule has 2 heterocycles. The predicted octanol–water partition coefficient (Wildman–Crippen LogP) is 3.98. The van der Waals surface area contributed by atoms with Gasteiger partial charge in [-0.15, -0.1) is 0 Å². The first-order valence-corrected chi connectivity index (χ1v) is 9.24. The predicted molar refractivity (Wildman–Crippen MR) is 105 cm³/mol. The first-order chi connectivity index (χ1) is 14.1. The molecular weight excluding hydrogens is 379 g/mol. The first-order valence-electron chi connectivity index (χ1n) is 9.24. The molecule has 8 nitrogen and oxygen atoms in total. The number of aliphatic hydroxyl groups excluding tert-OH is 2. The van der Waals surface area contributed by atoms with E-state index >= 15 is 0 Å². The van der Waals surface area contributed by atoms with Crippen molar-refractivity contribution in [3.05, 3.63) is 53.9 Å². The lowest BCUT2D eigenvalue weighted by Gasteiger charge is -2.26. The second-order valence-corrected chi connectivity index (χ2v) is 6.87. The summed E-state index contributed by atoms with van der Waals surface area (Å²) in [5.41, 5.74) is 2.17. The van der Waals surface area contributed by atoms with Crippen LogP contribution in [-0.4, -0.2) is 39.4 Å². The van der Waals surface area contributed by atoms with Crippen LogP contribution in [0.15, 0.2) is 48.1 Å². The number of aliphatic hydroxyl groups is 2. The third kappa shape index (κ3) is 4.34. The SMILES string of the molecule is O/C=C1/C/C(=C\O)CC(Nc2ncc(F)c(Nc3ccc4c(c3)OCCO4)n2)C1. The van der Waals surface area contributed by atoms with Gasteiger partial charge in [-0.2, -0.15) is 4.98 Å². The van der Waals surface area contributed by atoms with E-state index in [-0.39, 0.29) is 17.8 Å². The summed E-state index contributed by atoms with van der Waals surface area (Å²) in [6, 6.07) is 5.09. The van der Waals surface area contributed by atoms with Gasteiger partial charge in [-0.05, 0) is 42.5 Å². The number of aromatic nitrogens is 2. The highest BCUT2D eigenvalue weighted by atomic mass is 19.1. The number of nitrogens with one attached hydrogen (secondary N) is 2. The van der Waals surface area contributed by atoms with E-state index in [1.54, 1.807) is 18.2 Å². The summed E-state index contributed by atoms with van der Waals surface area (Å²) in [6.07, 6.45) is 4.85. The second-order valence-electron chi connectivity index (χ2n) is 6.87. The van der Waals surface area contributed by atoms with Crippen molar-refractivity contribution in [3.8, 4) is 11.5 Å². The molecule has 2 aliphatic rings. The Labute approximate surface area is 166 Å². The maximum atomic E-state index is 14.3. The zero-order valence-corrected chi connectivity index (χ0v) is 15.6. The molecule has 1 atom stereocenters. The highest BCUT2D eigenvalue weighted by Crippen LogP contribution is 2.34. The Morgan fingerprint density at radius 2 is 1.79 bits per heavy atom. The van der Waals surface area contributed by atoms with Crippen LogP contribution >= 0.6 is 0 Å². The van der Waals surface area contributed by atoms with Gasteiger partial charge in [-0.3, -0.25) is 0 Å². The van der Waals surface area contributed by atoms with Crippen molar-refractivity contribution in [2.45, 2.75) is 25.3 Å². The van der Waals surface area contributed by atoms with Crippen molar-refractivity contribution >= 4 is 17.5 Å². The molecule has 0 saturated heterocycles. The van der Waals surface area contributed by atoms with Crippen molar-refractivity contribution in [1.29, 1.82) is 0 Å². The zero-order valence-electron chi connectivity index (χ0n) is 15.6. The molecule has 4 rings (SSSR count). The summed E-state index contributed by atoms with van der Waals surface area (Å²) >= 11 is 0. The van der Waals surface area contributed by atoms with Crippen molar-refractivity contribution < 1.29 is 24.1 Å². The third-order valence-electron chi connectivity index (χ3n) is 4.72. The van der Waals surface area contributed by atoms with Gasteiger partial charge < -0.3 is 30.3 Å². The summed E-state index contributed by atoms with van der Waals surface area (Å²) in [5, 5.41) is 24.7. The van der Waals surface area contributed by atoms with Gasteiger partial charge in [0.05, 0.1) is 18.7 Å². The number of fused-ring (bicyclic) bond motifs is 1. The van der Waals surface area contributed by atoms with Gasteiger partial charge in [-0.25, -0.2) is 9.37 Å². The molecule has 0 radical (unpaired) electrons. The monoisotopic (exact) mass is 400 g/mol. The molecule has 1 fully saturated rings. The summed E-state index contributed by atoms with van der Waals surface area (Å²) in [6.45, 7) is 0.958. The molecule has 1 aromatic carbocycles. The van der Waals surface area contributed by atoms with Gasteiger partial charge in [0, 0.05) is 17.8 Å². The van der Waals surface area contributed by atoms with Crippen molar-refractivity contribution in [1.82, 2.24) is 9.97 Å². The maximum absolute atomic E-state index is 14.3. The lowest BCUT2D eigenvalue weighted by atomic mass is 9.88. The van der Waals surface area contributed by atoms with E-state index in [2.05, 4.69) is 20.6 Å². The number of halogens is 1. The molecular formula is C20H21FN4O4. The van der Waals surface area contributed by atoms with E-state index < -0.39 is 5.82 Å². The quantitative estimate of drug-likeness (QED) is 0.571. The molecule has 1 aliphatic heterocycles. The van der Waals surface area contributed by atoms with Crippen molar-refractivity contribution in [2.24, 2.45) is 0 Å². The smallest absolute Gasteiger partial charge is 0.225 e. The Morgan fingerprint density at radius 3 is 2.52 bits per heavy atom. The van der Waals surface area contributed by atoms with Crippen LogP contribution in [0.1, 0.15) is 19.3 Å². The van der Waals surface area contributed by atoms with Gasteiger partial charge in [-0.1, -0.05) is 0 Å². The fourth-order valence-corrected chi connectivity index (χ4v) is 3.40. The lowest BCUT2D eigenvalue weighted by Crippen LogP contribution is -2.26. The Hall–Kier alpha value is -3.49. The van der Waals surface area contributed by atoms with E-state index in [9.17, 15) is 14.6 Å². The van der Waals surface area contributed by atoms with Gasteiger partial charge in [0.1, 0.15) is 13.2 Å². The molecule has 29 heavy (non-hydrogen) atoms. The molecule has 2 aromatic rings. The average Bonchev–Trinajstić information content (AvgIpc) is 2.75. The Kier molecular flexibility index (Phi) is 5.37. The molecule has 1 saturated carbocycles. The molecule has 9 heteroatoms. The Morgan fingerprint density at radius 1 is 1.07 bits per heavy atom. The highest BCUT2D eigenvalue weighted by Gasteiger charge is 2.22. The minimum atomic E-state index is -0.596. The molecule has 0 bridgehead atoms. The zero-order chi connectivity index (χ0) is 20.2. The van der Waals surface area contributed by atoms with Crippen LogP contribution in [0.2, 0.25) is 0 Å². The van der Waals surface area contributed by atoms with Crippen LogP contribution in [0, 0.1) is 5.82 Å². The number of rotatable bonds is 4. The number of ether oxygens (including phenoxy) is 2. The highest BCUT2D eigenvalue weighted by molar-refractivity contribution is 5.62. The number of hydrogen-bond donors (Lipinski definition) is 4. The van der Waals surface area contributed by atoms with Crippen LogP contribution in [-0.2, 0) is 0 Å². The second kappa shape index (κ2) is 8.26. The molecule has 0 amide bonds. The van der Waals surface area contributed by atoms with E-state index in [0.717, 1.165) is 29.9 Å². The van der Waals surface area contributed by atoms with Crippen LogP contribution in [0.25, 0.3) is 0 Å². The number of nitrogens with zero attached hydrogens (tertiary/aromatic N) is 2. The molecule has 1 unspecified atom stereocenters. The van der Waals surface area contributed by atoms with E-state index in [0.29, 0.717) is 49.7 Å². The molecule has 152 valence electrons. The van der Waals surface area contributed by atoms with Gasteiger partial charge in [0.25, 0.3) is 0 Å². The van der Waals surface area contributed by atoms with Gasteiger partial charge >= 0.3 is 0 Å². The Bertz CT molecular complexity index is 943. The van der Waals surface area contributed by atoms with E-state index in [1.807, 2.05) is 0 Å². The number of hydrogen-bond acceptors (Lipinski definition) is 8. The van der Waals surface area contributed by atoms with Crippen LogP contribution in [0.3, 0.4) is 0 Å². The minimum absolute atomic E-state index is 0.0193. The van der Waals surface area contributed by atoms with Crippen molar-refractivity contribution in [3.63, 3.8) is 0 Å². The van der Waals surface area contributed by atoms with Gasteiger partial charge in [0.15, 0.2) is 23.1 Å². The maximum Gasteiger partial charge on any atom is 0.225 e. The number of anilines is 3. The standard InChI is InChI=1S/C20H21FN4O4/c21-16-9-22-20(24-15-6-12(10-26)5-13(7-15)11-27)25-19(16)23-14-1-2-17-18(8-14)29-4-3-28-17/h1-2,8-11,15,26-27H,3-7H2,(H2,22,23,24,25)/b12-10-,13-11+. The summed E-state index contributed by atoms with van der Waals surface area (Å²) < 4.78 is 25.3. The Balaban J connectivity index is 1.50. The van der Waals surface area contributed by atoms with Gasteiger partial charge in [0.2, 0.25) is 5.95 Å². The summed E-state index contributed by atoms with van der Waals surface area (Å²) in [5.74, 6) is 0.896. The topological polar surface area (TPSA) is 109 Å². The summed E-state index contributed by atoms with van der Waals surface area (Å²) in [4.78, 5) is 8.23. The largest absolute Gasteiger partial charge is 0.516 e. The number of benzene rings is 1. The average molecular weight is 400 g/mol. The normalized spacial score (nSPS) is 21.2.